The molecule has 2 aliphatic rings. The maximum Gasteiger partial charge on any atom is 0.328 e. The number of hydrogen-bond acceptors (Lipinski definition) is 6. The summed E-state index contributed by atoms with van der Waals surface area (Å²) in [5, 5.41) is 4.67. The van der Waals surface area contributed by atoms with Crippen molar-refractivity contribution >= 4 is 28.9 Å². The molecule has 0 bridgehead atoms. The molecule has 0 aromatic heterocycles. The summed E-state index contributed by atoms with van der Waals surface area (Å²) < 4.78 is 5.32. The molecule has 22 heavy (non-hydrogen) atoms. The SMILES string of the molecule is O=C1NC(=O)C(Cc2ccc(OC(=O)[C@@H]3CCCN3)cc2)S1. The second kappa shape index (κ2) is 6.50. The van der Waals surface area contributed by atoms with E-state index in [0.717, 1.165) is 36.7 Å². The first-order chi connectivity index (χ1) is 10.6. The standard InChI is InChI=1S/C15H16N2O4S/c18-13-12(22-15(20)17-13)8-9-3-5-10(6-4-9)21-14(19)11-2-1-7-16-11/h3-6,11-12,16H,1-2,7-8H2,(H,17,18,20)/t11-,12?/m0/s1. The van der Waals surface area contributed by atoms with Crippen LogP contribution >= 0.6 is 11.8 Å². The number of rotatable bonds is 4. The zero-order valence-electron chi connectivity index (χ0n) is 11.8. The van der Waals surface area contributed by atoms with E-state index in [9.17, 15) is 14.4 Å². The first kappa shape index (κ1) is 15.1. The average Bonchev–Trinajstić information content (AvgIpc) is 3.12. The van der Waals surface area contributed by atoms with Crippen LogP contribution in [0.3, 0.4) is 0 Å². The first-order valence-electron chi connectivity index (χ1n) is 7.17. The van der Waals surface area contributed by atoms with Gasteiger partial charge < -0.3 is 10.1 Å². The van der Waals surface area contributed by atoms with Crippen molar-refractivity contribution in [1.29, 1.82) is 0 Å². The molecule has 2 amide bonds. The average molecular weight is 320 g/mol. The highest BCUT2D eigenvalue weighted by Crippen LogP contribution is 2.24. The molecule has 2 fully saturated rings. The Hall–Kier alpha value is -1.86. The van der Waals surface area contributed by atoms with E-state index < -0.39 is 0 Å². The molecule has 7 heteroatoms. The molecule has 2 N–H and O–H groups in total. The molecule has 0 saturated carbocycles. The highest BCUT2D eigenvalue weighted by atomic mass is 32.2. The third-order valence-electron chi connectivity index (χ3n) is 3.67. The van der Waals surface area contributed by atoms with Gasteiger partial charge in [-0.1, -0.05) is 23.9 Å². The number of carbonyl (C=O) groups is 3. The Bertz CT molecular complexity index is 596. The van der Waals surface area contributed by atoms with Crippen LogP contribution in [0.15, 0.2) is 24.3 Å². The van der Waals surface area contributed by atoms with Crippen LogP contribution in [0.1, 0.15) is 18.4 Å². The van der Waals surface area contributed by atoms with Gasteiger partial charge in [0.1, 0.15) is 11.8 Å². The van der Waals surface area contributed by atoms with Crippen LogP contribution in [0.4, 0.5) is 4.79 Å². The zero-order valence-corrected chi connectivity index (χ0v) is 12.7. The van der Waals surface area contributed by atoms with Crippen molar-refractivity contribution in [2.75, 3.05) is 6.54 Å². The summed E-state index contributed by atoms with van der Waals surface area (Å²) in [6.07, 6.45) is 2.26. The highest BCUT2D eigenvalue weighted by Gasteiger charge is 2.31. The van der Waals surface area contributed by atoms with E-state index in [0.29, 0.717) is 12.2 Å². The Morgan fingerprint density at radius 2 is 2.05 bits per heavy atom. The highest BCUT2D eigenvalue weighted by molar-refractivity contribution is 8.15. The number of ether oxygens (including phenoxy) is 1. The number of nitrogens with one attached hydrogen (secondary N) is 2. The lowest BCUT2D eigenvalue weighted by molar-refractivity contribution is -0.136. The van der Waals surface area contributed by atoms with Crippen LogP contribution in [0.2, 0.25) is 0 Å². The molecule has 3 rings (SSSR count). The fourth-order valence-electron chi connectivity index (χ4n) is 2.51. The summed E-state index contributed by atoms with van der Waals surface area (Å²) in [5.74, 6) is -0.0264. The number of esters is 1. The van der Waals surface area contributed by atoms with Crippen LogP contribution in [0.5, 0.6) is 5.75 Å². The number of amides is 2. The van der Waals surface area contributed by atoms with E-state index in [-0.39, 0.29) is 28.4 Å². The summed E-state index contributed by atoms with van der Waals surface area (Å²) in [6, 6.07) is 6.82. The molecule has 0 aliphatic carbocycles. The topological polar surface area (TPSA) is 84.5 Å². The third kappa shape index (κ3) is 3.48. The Kier molecular flexibility index (Phi) is 4.44. The predicted molar refractivity (Wildman–Crippen MR) is 81.7 cm³/mol. The van der Waals surface area contributed by atoms with Crippen molar-refractivity contribution in [2.45, 2.75) is 30.6 Å². The number of hydrogen-bond donors (Lipinski definition) is 2. The molecule has 1 unspecified atom stereocenters. The number of carbonyl (C=O) groups excluding carboxylic acids is 3. The van der Waals surface area contributed by atoms with Crippen LogP contribution < -0.4 is 15.4 Å². The number of thioether (sulfide) groups is 1. The van der Waals surface area contributed by atoms with Crippen molar-refractivity contribution in [2.24, 2.45) is 0 Å². The summed E-state index contributed by atoms with van der Waals surface area (Å²) in [5.41, 5.74) is 0.918. The Labute approximate surface area is 132 Å². The molecule has 2 atom stereocenters. The predicted octanol–water partition coefficient (Wildman–Crippen LogP) is 1.24. The largest absolute Gasteiger partial charge is 0.425 e. The van der Waals surface area contributed by atoms with E-state index >= 15 is 0 Å². The van der Waals surface area contributed by atoms with Gasteiger partial charge >= 0.3 is 5.97 Å². The van der Waals surface area contributed by atoms with Gasteiger partial charge in [-0.2, -0.15) is 0 Å². The molecule has 0 radical (unpaired) electrons. The Morgan fingerprint density at radius 3 is 2.64 bits per heavy atom. The minimum atomic E-state index is -0.386. The lowest BCUT2D eigenvalue weighted by Crippen LogP contribution is -2.34. The Morgan fingerprint density at radius 1 is 1.27 bits per heavy atom. The van der Waals surface area contributed by atoms with Crippen LogP contribution in [-0.2, 0) is 16.0 Å². The quantitative estimate of drug-likeness (QED) is 0.641. The fraction of sp³-hybridized carbons (Fsp3) is 0.400. The summed E-state index contributed by atoms with van der Waals surface area (Å²) in [6.45, 7) is 0.846. The van der Waals surface area contributed by atoms with Gasteiger partial charge in [-0.3, -0.25) is 14.9 Å². The van der Waals surface area contributed by atoms with Gasteiger partial charge in [-0.15, -0.1) is 0 Å². The second-order valence-corrected chi connectivity index (χ2v) is 6.48. The molecule has 1 aromatic rings. The number of imide groups is 1. The molecule has 2 heterocycles. The van der Waals surface area contributed by atoms with E-state index in [4.69, 9.17) is 4.74 Å². The summed E-state index contributed by atoms with van der Waals surface area (Å²) in [7, 11) is 0. The first-order valence-corrected chi connectivity index (χ1v) is 8.05. The van der Waals surface area contributed by atoms with Gasteiger partial charge in [0.05, 0.1) is 5.25 Å². The van der Waals surface area contributed by atoms with Gasteiger partial charge in [0, 0.05) is 0 Å². The molecule has 1 aromatic carbocycles. The molecule has 2 aliphatic heterocycles. The monoisotopic (exact) mass is 320 g/mol. The molecule has 6 nitrogen and oxygen atoms in total. The third-order valence-corrected chi connectivity index (χ3v) is 4.66. The van der Waals surface area contributed by atoms with Crippen LogP contribution in [-0.4, -0.2) is 35.0 Å². The minimum Gasteiger partial charge on any atom is -0.425 e. The van der Waals surface area contributed by atoms with Gasteiger partial charge in [0.25, 0.3) is 5.24 Å². The summed E-state index contributed by atoms with van der Waals surface area (Å²) >= 11 is 1.01. The minimum absolute atomic E-state index is 0.218. The normalized spacial score (nSPS) is 24.4. The van der Waals surface area contributed by atoms with Crippen LogP contribution in [0.25, 0.3) is 0 Å². The molecular formula is C15H16N2O4S. The van der Waals surface area contributed by atoms with Crippen molar-refractivity contribution in [3.63, 3.8) is 0 Å². The van der Waals surface area contributed by atoms with E-state index in [2.05, 4.69) is 10.6 Å². The van der Waals surface area contributed by atoms with Gasteiger partial charge in [0.2, 0.25) is 5.91 Å². The number of benzene rings is 1. The van der Waals surface area contributed by atoms with Crippen molar-refractivity contribution in [3.8, 4) is 5.75 Å². The van der Waals surface area contributed by atoms with Gasteiger partial charge in [-0.05, 0) is 43.5 Å². The molecular weight excluding hydrogens is 304 g/mol. The van der Waals surface area contributed by atoms with E-state index in [1.165, 1.54) is 0 Å². The van der Waals surface area contributed by atoms with Crippen molar-refractivity contribution in [3.05, 3.63) is 29.8 Å². The lowest BCUT2D eigenvalue weighted by Gasteiger charge is -2.11. The maximum atomic E-state index is 11.9. The molecule has 2 saturated heterocycles. The van der Waals surface area contributed by atoms with Gasteiger partial charge in [0.15, 0.2) is 0 Å². The lowest BCUT2D eigenvalue weighted by atomic mass is 10.1. The molecule has 0 spiro atoms. The van der Waals surface area contributed by atoms with Crippen molar-refractivity contribution < 1.29 is 19.1 Å². The van der Waals surface area contributed by atoms with Crippen molar-refractivity contribution in [1.82, 2.24) is 10.6 Å². The van der Waals surface area contributed by atoms with Gasteiger partial charge in [-0.25, -0.2) is 4.79 Å². The maximum absolute atomic E-state index is 11.9. The van der Waals surface area contributed by atoms with E-state index in [1.54, 1.807) is 24.3 Å². The van der Waals surface area contributed by atoms with Crippen LogP contribution in [0, 0.1) is 0 Å². The fourth-order valence-corrected chi connectivity index (χ4v) is 3.37. The smallest absolute Gasteiger partial charge is 0.328 e. The van der Waals surface area contributed by atoms with E-state index in [1.807, 2.05) is 0 Å². The zero-order chi connectivity index (χ0) is 15.5. The second-order valence-electron chi connectivity index (χ2n) is 5.30. The Balaban J connectivity index is 1.57. The molecule has 116 valence electrons. The summed E-state index contributed by atoms with van der Waals surface area (Å²) in [4.78, 5) is 34.5.